The predicted octanol–water partition coefficient (Wildman–Crippen LogP) is 3.94. The quantitative estimate of drug-likeness (QED) is 0.790. The van der Waals surface area contributed by atoms with Crippen molar-refractivity contribution in [3.8, 4) is 17.1 Å². The Labute approximate surface area is 133 Å². The molecule has 0 saturated heterocycles. The molecule has 3 rings (SSSR count). The molecule has 3 aromatic rings. The maximum absolute atomic E-state index is 6.02. The van der Waals surface area contributed by atoms with E-state index in [1.54, 1.807) is 7.11 Å². The van der Waals surface area contributed by atoms with Crippen LogP contribution in [0.4, 0.5) is 11.6 Å². The van der Waals surface area contributed by atoms with Crippen molar-refractivity contribution in [1.82, 2.24) is 15.0 Å². The van der Waals surface area contributed by atoms with Crippen LogP contribution in [0.2, 0.25) is 5.28 Å². The number of benzene rings is 2. The lowest BCUT2D eigenvalue weighted by Crippen LogP contribution is -2.02. The Morgan fingerprint density at radius 3 is 2.41 bits per heavy atom. The molecule has 0 unspecified atom stereocenters. The predicted molar refractivity (Wildman–Crippen MR) is 86.5 cm³/mol. The summed E-state index contributed by atoms with van der Waals surface area (Å²) in [4.78, 5) is 12.7. The molecule has 2 aromatic carbocycles. The van der Waals surface area contributed by atoms with Crippen molar-refractivity contribution >= 4 is 23.2 Å². The number of halogens is 1. The summed E-state index contributed by atoms with van der Waals surface area (Å²) in [7, 11) is 1.60. The van der Waals surface area contributed by atoms with E-state index < -0.39 is 0 Å². The van der Waals surface area contributed by atoms with Crippen molar-refractivity contribution < 1.29 is 4.74 Å². The molecular formula is C16H13ClN4O. The molecule has 5 nitrogen and oxygen atoms in total. The van der Waals surface area contributed by atoms with Gasteiger partial charge in [0.2, 0.25) is 11.2 Å². The van der Waals surface area contributed by atoms with E-state index in [1.807, 2.05) is 54.6 Å². The third kappa shape index (κ3) is 3.15. The average molecular weight is 313 g/mol. The highest BCUT2D eigenvalue weighted by molar-refractivity contribution is 6.28. The number of hydrogen-bond acceptors (Lipinski definition) is 5. The average Bonchev–Trinajstić information content (AvgIpc) is 2.55. The van der Waals surface area contributed by atoms with Crippen molar-refractivity contribution in [1.29, 1.82) is 0 Å². The normalized spacial score (nSPS) is 10.3. The Bertz CT molecular complexity index is 780. The number of aromatic nitrogens is 3. The zero-order valence-electron chi connectivity index (χ0n) is 11.8. The highest BCUT2D eigenvalue weighted by atomic mass is 35.5. The third-order valence-corrected chi connectivity index (χ3v) is 3.15. The second-order valence-electron chi connectivity index (χ2n) is 4.44. The first-order chi connectivity index (χ1) is 10.8. The molecule has 110 valence electrons. The van der Waals surface area contributed by atoms with Crippen LogP contribution in [-0.2, 0) is 0 Å². The lowest BCUT2D eigenvalue weighted by molar-refractivity contribution is 0.416. The molecule has 0 spiro atoms. The molecule has 0 radical (unpaired) electrons. The van der Waals surface area contributed by atoms with Crippen molar-refractivity contribution in [2.45, 2.75) is 0 Å². The molecule has 0 amide bonds. The van der Waals surface area contributed by atoms with Gasteiger partial charge in [0.25, 0.3) is 0 Å². The van der Waals surface area contributed by atoms with Gasteiger partial charge in [-0.05, 0) is 35.9 Å². The summed E-state index contributed by atoms with van der Waals surface area (Å²) in [6, 6.07) is 17.1. The minimum atomic E-state index is 0.120. The monoisotopic (exact) mass is 312 g/mol. The Morgan fingerprint density at radius 2 is 1.64 bits per heavy atom. The van der Waals surface area contributed by atoms with Gasteiger partial charge in [-0.3, -0.25) is 0 Å². The first-order valence-corrected chi connectivity index (χ1v) is 7.01. The number of hydrogen-bond donors (Lipinski definition) is 1. The van der Waals surface area contributed by atoms with Crippen LogP contribution in [0.1, 0.15) is 0 Å². The van der Waals surface area contributed by atoms with E-state index in [-0.39, 0.29) is 5.28 Å². The van der Waals surface area contributed by atoms with Gasteiger partial charge in [0, 0.05) is 5.69 Å². The molecule has 1 N–H and O–H groups in total. The SMILES string of the molecule is COc1ccccc1-c1nc(Cl)nc(Nc2ccccc2)n1. The van der Waals surface area contributed by atoms with Gasteiger partial charge >= 0.3 is 0 Å². The number of nitrogens with one attached hydrogen (secondary N) is 1. The fraction of sp³-hybridized carbons (Fsp3) is 0.0625. The number of ether oxygens (including phenoxy) is 1. The summed E-state index contributed by atoms with van der Waals surface area (Å²) in [5.74, 6) is 1.51. The van der Waals surface area contributed by atoms with E-state index in [9.17, 15) is 0 Å². The van der Waals surface area contributed by atoms with Crippen molar-refractivity contribution in [2.24, 2.45) is 0 Å². The van der Waals surface area contributed by atoms with Gasteiger partial charge in [-0.25, -0.2) is 0 Å². The van der Waals surface area contributed by atoms with Crippen molar-refractivity contribution in [3.63, 3.8) is 0 Å². The van der Waals surface area contributed by atoms with Gasteiger partial charge in [-0.1, -0.05) is 30.3 Å². The summed E-state index contributed by atoms with van der Waals surface area (Å²) < 4.78 is 5.33. The summed E-state index contributed by atoms with van der Waals surface area (Å²) in [6.07, 6.45) is 0. The minimum Gasteiger partial charge on any atom is -0.496 e. The summed E-state index contributed by atoms with van der Waals surface area (Å²) in [6.45, 7) is 0. The topological polar surface area (TPSA) is 59.9 Å². The van der Waals surface area contributed by atoms with Crippen LogP contribution in [0.15, 0.2) is 54.6 Å². The molecule has 0 saturated carbocycles. The Kier molecular flexibility index (Phi) is 4.16. The van der Waals surface area contributed by atoms with Crippen molar-refractivity contribution in [2.75, 3.05) is 12.4 Å². The molecule has 0 bridgehead atoms. The highest BCUT2D eigenvalue weighted by Gasteiger charge is 2.11. The van der Waals surface area contributed by atoms with E-state index in [4.69, 9.17) is 16.3 Å². The van der Waals surface area contributed by atoms with E-state index in [2.05, 4.69) is 20.3 Å². The Hall–Kier alpha value is -2.66. The summed E-state index contributed by atoms with van der Waals surface area (Å²) >= 11 is 6.02. The zero-order chi connectivity index (χ0) is 15.4. The molecule has 1 heterocycles. The molecule has 0 aliphatic carbocycles. The maximum Gasteiger partial charge on any atom is 0.232 e. The van der Waals surface area contributed by atoms with Gasteiger partial charge in [0.15, 0.2) is 5.82 Å². The summed E-state index contributed by atoms with van der Waals surface area (Å²) in [5.41, 5.74) is 1.63. The van der Waals surface area contributed by atoms with Gasteiger partial charge in [0.05, 0.1) is 12.7 Å². The number of nitrogens with zero attached hydrogens (tertiary/aromatic N) is 3. The second kappa shape index (κ2) is 6.41. The molecular weight excluding hydrogens is 300 g/mol. The molecule has 0 atom stereocenters. The second-order valence-corrected chi connectivity index (χ2v) is 4.78. The van der Waals surface area contributed by atoms with Crippen LogP contribution in [0.25, 0.3) is 11.4 Å². The maximum atomic E-state index is 6.02. The largest absolute Gasteiger partial charge is 0.496 e. The molecule has 1 aromatic heterocycles. The smallest absolute Gasteiger partial charge is 0.232 e. The lowest BCUT2D eigenvalue weighted by atomic mass is 10.2. The molecule has 0 aliphatic heterocycles. The van der Waals surface area contributed by atoms with Gasteiger partial charge in [0.1, 0.15) is 5.75 Å². The first kappa shape index (κ1) is 14.3. The summed E-state index contributed by atoms with van der Waals surface area (Å²) in [5, 5.41) is 3.22. The first-order valence-electron chi connectivity index (χ1n) is 6.63. The number of anilines is 2. The van der Waals surface area contributed by atoms with Crippen molar-refractivity contribution in [3.05, 3.63) is 59.9 Å². The lowest BCUT2D eigenvalue weighted by Gasteiger charge is -2.09. The highest BCUT2D eigenvalue weighted by Crippen LogP contribution is 2.28. The Morgan fingerprint density at radius 1 is 0.909 bits per heavy atom. The van der Waals surface area contributed by atoms with Crippen LogP contribution < -0.4 is 10.1 Å². The van der Waals surface area contributed by atoms with Crippen LogP contribution in [0.3, 0.4) is 0 Å². The number of rotatable bonds is 4. The van der Waals surface area contributed by atoms with Crippen LogP contribution in [-0.4, -0.2) is 22.1 Å². The van der Waals surface area contributed by atoms with E-state index in [0.29, 0.717) is 17.5 Å². The molecule has 6 heteroatoms. The van der Waals surface area contributed by atoms with Gasteiger partial charge < -0.3 is 10.1 Å². The standard InChI is InChI=1S/C16H13ClN4O/c1-22-13-10-6-5-9-12(13)14-19-15(17)21-16(20-14)18-11-7-3-2-4-8-11/h2-10H,1H3,(H,18,19,20,21). The number of methoxy groups -OCH3 is 1. The fourth-order valence-corrected chi connectivity index (χ4v) is 2.17. The molecule has 22 heavy (non-hydrogen) atoms. The third-order valence-electron chi connectivity index (χ3n) is 2.99. The van der Waals surface area contributed by atoms with E-state index in [0.717, 1.165) is 11.3 Å². The fourth-order valence-electron chi connectivity index (χ4n) is 2.01. The minimum absolute atomic E-state index is 0.120. The molecule has 0 aliphatic rings. The number of para-hydroxylation sites is 2. The van der Waals surface area contributed by atoms with Crippen LogP contribution in [0.5, 0.6) is 5.75 Å². The van der Waals surface area contributed by atoms with Gasteiger partial charge in [-0.15, -0.1) is 0 Å². The van der Waals surface area contributed by atoms with Crippen LogP contribution >= 0.6 is 11.6 Å². The van der Waals surface area contributed by atoms with E-state index >= 15 is 0 Å². The van der Waals surface area contributed by atoms with Crippen LogP contribution in [0, 0.1) is 0 Å². The van der Waals surface area contributed by atoms with E-state index in [1.165, 1.54) is 0 Å². The Balaban J connectivity index is 2.00. The van der Waals surface area contributed by atoms with Gasteiger partial charge in [-0.2, -0.15) is 15.0 Å². The molecule has 0 fully saturated rings. The zero-order valence-corrected chi connectivity index (χ0v) is 12.6.